The van der Waals surface area contributed by atoms with Crippen molar-refractivity contribution >= 4 is 15.9 Å². The van der Waals surface area contributed by atoms with Gasteiger partial charge in [-0.25, -0.2) is 9.97 Å². The standard InChI is InChI=1S/C11H9BrN2O2.C7H8O2/c12-9-5-13-11(14-6-9)16-10-3-1-2-8(4-10)7-15;8-5-6-2-1-3-7(9)4-6/h1-6,15H,7H2;1-4,8-9H,5H2. The number of aliphatic hydroxyl groups excluding tert-OH is 2. The Morgan fingerprint density at radius 2 is 1.48 bits per heavy atom. The van der Waals surface area contributed by atoms with E-state index in [1.807, 2.05) is 6.07 Å². The third kappa shape index (κ3) is 6.50. The Balaban J connectivity index is 0.000000212. The van der Waals surface area contributed by atoms with Crippen LogP contribution in [0.15, 0.2) is 65.4 Å². The van der Waals surface area contributed by atoms with Crippen LogP contribution in [-0.2, 0) is 13.2 Å². The summed E-state index contributed by atoms with van der Waals surface area (Å²) in [6, 6.07) is 14.0. The molecule has 1 heterocycles. The van der Waals surface area contributed by atoms with Crippen molar-refractivity contribution in [3.05, 3.63) is 76.5 Å². The Hall–Kier alpha value is -2.48. The molecule has 0 unspecified atom stereocenters. The van der Waals surface area contributed by atoms with Crippen LogP contribution in [0.3, 0.4) is 0 Å². The third-order valence-electron chi connectivity index (χ3n) is 2.98. The van der Waals surface area contributed by atoms with E-state index in [2.05, 4.69) is 25.9 Å². The number of hydrogen-bond acceptors (Lipinski definition) is 6. The van der Waals surface area contributed by atoms with Gasteiger partial charge in [0.15, 0.2) is 0 Å². The van der Waals surface area contributed by atoms with Gasteiger partial charge in [-0.05, 0) is 51.3 Å². The molecule has 0 fully saturated rings. The Bertz CT molecular complexity index is 797. The molecule has 25 heavy (non-hydrogen) atoms. The highest BCUT2D eigenvalue weighted by Gasteiger charge is 2.00. The molecule has 0 atom stereocenters. The average molecular weight is 405 g/mol. The van der Waals surface area contributed by atoms with Crippen molar-refractivity contribution in [1.82, 2.24) is 9.97 Å². The van der Waals surface area contributed by atoms with Crippen LogP contribution in [0.4, 0.5) is 0 Å². The van der Waals surface area contributed by atoms with Crippen LogP contribution < -0.4 is 4.74 Å². The summed E-state index contributed by atoms with van der Waals surface area (Å²) in [7, 11) is 0. The van der Waals surface area contributed by atoms with Crippen LogP contribution in [0.5, 0.6) is 17.5 Å². The molecule has 0 amide bonds. The monoisotopic (exact) mass is 404 g/mol. The van der Waals surface area contributed by atoms with E-state index >= 15 is 0 Å². The van der Waals surface area contributed by atoms with Gasteiger partial charge in [-0.2, -0.15) is 0 Å². The number of halogens is 1. The van der Waals surface area contributed by atoms with Crippen molar-refractivity contribution in [3.63, 3.8) is 0 Å². The predicted octanol–water partition coefficient (Wildman–Crippen LogP) is 3.41. The van der Waals surface area contributed by atoms with E-state index in [-0.39, 0.29) is 25.0 Å². The van der Waals surface area contributed by atoms with Gasteiger partial charge in [-0.3, -0.25) is 0 Å². The number of aromatic nitrogens is 2. The van der Waals surface area contributed by atoms with Crippen molar-refractivity contribution in [2.45, 2.75) is 13.2 Å². The SMILES string of the molecule is OCc1cccc(O)c1.OCc1cccc(Oc2ncc(Br)cn2)c1. The number of phenols is 1. The minimum Gasteiger partial charge on any atom is -0.508 e. The molecular formula is C18H17BrN2O4. The van der Waals surface area contributed by atoms with Crippen molar-refractivity contribution in [3.8, 4) is 17.5 Å². The molecule has 2 aromatic carbocycles. The molecule has 130 valence electrons. The lowest BCUT2D eigenvalue weighted by Crippen LogP contribution is -1.92. The van der Waals surface area contributed by atoms with Gasteiger partial charge in [0.2, 0.25) is 0 Å². The Morgan fingerprint density at radius 1 is 0.880 bits per heavy atom. The fraction of sp³-hybridized carbons (Fsp3) is 0.111. The molecule has 3 aromatic rings. The first-order chi connectivity index (χ1) is 12.1. The molecule has 0 aliphatic rings. The number of aliphatic hydroxyl groups is 2. The second-order valence-electron chi connectivity index (χ2n) is 4.92. The number of nitrogens with zero attached hydrogens (tertiary/aromatic N) is 2. The van der Waals surface area contributed by atoms with Crippen LogP contribution in [0.1, 0.15) is 11.1 Å². The van der Waals surface area contributed by atoms with Gasteiger partial charge in [0.05, 0.1) is 17.7 Å². The number of rotatable bonds is 4. The molecule has 0 bridgehead atoms. The van der Waals surface area contributed by atoms with Crippen LogP contribution in [-0.4, -0.2) is 25.3 Å². The van der Waals surface area contributed by atoms with Crippen LogP contribution in [0.2, 0.25) is 0 Å². The highest BCUT2D eigenvalue weighted by atomic mass is 79.9. The van der Waals surface area contributed by atoms with Gasteiger partial charge in [-0.15, -0.1) is 0 Å². The maximum Gasteiger partial charge on any atom is 0.321 e. The molecule has 0 saturated heterocycles. The molecular weight excluding hydrogens is 388 g/mol. The summed E-state index contributed by atoms with van der Waals surface area (Å²) in [5, 5.41) is 26.4. The highest BCUT2D eigenvalue weighted by Crippen LogP contribution is 2.19. The summed E-state index contributed by atoms with van der Waals surface area (Å²) in [6.45, 7) is -0.0349. The van der Waals surface area contributed by atoms with Crippen LogP contribution in [0.25, 0.3) is 0 Å². The number of hydrogen-bond donors (Lipinski definition) is 3. The van der Waals surface area contributed by atoms with Gasteiger partial charge in [0.1, 0.15) is 11.5 Å². The lowest BCUT2D eigenvalue weighted by atomic mass is 10.2. The number of aromatic hydroxyl groups is 1. The fourth-order valence-electron chi connectivity index (χ4n) is 1.82. The van der Waals surface area contributed by atoms with E-state index < -0.39 is 0 Å². The molecule has 1 aromatic heterocycles. The van der Waals surface area contributed by atoms with Gasteiger partial charge in [0.25, 0.3) is 0 Å². The van der Waals surface area contributed by atoms with Gasteiger partial charge in [-0.1, -0.05) is 24.3 Å². The molecule has 3 rings (SSSR count). The van der Waals surface area contributed by atoms with Gasteiger partial charge in [0, 0.05) is 12.4 Å². The number of benzene rings is 2. The maximum absolute atomic E-state index is 8.97. The molecule has 7 heteroatoms. The summed E-state index contributed by atoms with van der Waals surface area (Å²) in [5.41, 5.74) is 1.52. The molecule has 3 N–H and O–H groups in total. The molecule has 0 saturated carbocycles. The summed E-state index contributed by atoms with van der Waals surface area (Å²) < 4.78 is 6.22. The van der Waals surface area contributed by atoms with Gasteiger partial charge < -0.3 is 20.1 Å². The fourth-order valence-corrected chi connectivity index (χ4v) is 2.03. The second kappa shape index (κ2) is 9.73. The topological polar surface area (TPSA) is 95.7 Å². The first kappa shape index (κ1) is 18.9. The number of phenolic OH excluding ortho intramolecular Hbond substituents is 1. The van der Waals surface area contributed by atoms with E-state index in [1.165, 1.54) is 6.07 Å². The second-order valence-corrected chi connectivity index (χ2v) is 5.84. The first-order valence-corrected chi connectivity index (χ1v) is 8.14. The Labute approximate surface area is 153 Å². The van der Waals surface area contributed by atoms with E-state index in [0.717, 1.165) is 15.6 Å². The molecule has 6 nitrogen and oxygen atoms in total. The van der Waals surface area contributed by atoms with Crippen molar-refractivity contribution in [1.29, 1.82) is 0 Å². The Morgan fingerprint density at radius 3 is 2.04 bits per heavy atom. The minimum absolute atomic E-state index is 0.0155. The van der Waals surface area contributed by atoms with Crippen LogP contribution >= 0.6 is 15.9 Å². The smallest absolute Gasteiger partial charge is 0.321 e. The molecule has 0 aliphatic carbocycles. The van der Waals surface area contributed by atoms with E-state index in [0.29, 0.717) is 5.75 Å². The minimum atomic E-state index is -0.0194. The van der Waals surface area contributed by atoms with E-state index in [4.69, 9.17) is 20.1 Å². The summed E-state index contributed by atoms with van der Waals surface area (Å²) in [4.78, 5) is 7.97. The van der Waals surface area contributed by atoms with Crippen molar-refractivity contribution < 1.29 is 20.1 Å². The summed E-state index contributed by atoms with van der Waals surface area (Å²) in [5.74, 6) is 0.801. The van der Waals surface area contributed by atoms with Crippen LogP contribution in [0, 0.1) is 0 Å². The third-order valence-corrected chi connectivity index (χ3v) is 3.39. The highest BCUT2D eigenvalue weighted by molar-refractivity contribution is 9.10. The van der Waals surface area contributed by atoms with Gasteiger partial charge >= 0.3 is 6.01 Å². The van der Waals surface area contributed by atoms with E-state index in [1.54, 1.807) is 48.8 Å². The quantitative estimate of drug-likeness (QED) is 0.616. The molecule has 0 spiro atoms. The first-order valence-electron chi connectivity index (χ1n) is 7.34. The van der Waals surface area contributed by atoms with Crippen molar-refractivity contribution in [2.24, 2.45) is 0 Å². The summed E-state index contributed by atoms with van der Waals surface area (Å²) in [6.07, 6.45) is 3.22. The molecule has 0 aliphatic heterocycles. The average Bonchev–Trinajstić information content (AvgIpc) is 2.64. The van der Waals surface area contributed by atoms with Crippen molar-refractivity contribution in [2.75, 3.05) is 0 Å². The zero-order valence-electron chi connectivity index (χ0n) is 13.2. The normalized spacial score (nSPS) is 9.88. The number of ether oxygens (including phenoxy) is 1. The maximum atomic E-state index is 8.97. The Kier molecular flexibility index (Phi) is 7.34. The lowest BCUT2D eigenvalue weighted by molar-refractivity contribution is 0.281. The zero-order valence-corrected chi connectivity index (χ0v) is 14.8. The largest absolute Gasteiger partial charge is 0.508 e. The predicted molar refractivity (Wildman–Crippen MR) is 96.2 cm³/mol. The lowest BCUT2D eigenvalue weighted by Gasteiger charge is -2.04. The zero-order chi connectivity index (χ0) is 18.1. The molecule has 0 radical (unpaired) electrons. The van der Waals surface area contributed by atoms with E-state index in [9.17, 15) is 0 Å². The summed E-state index contributed by atoms with van der Waals surface area (Å²) >= 11 is 3.24.